The molecule has 4 nitrogen and oxygen atoms in total. The molecule has 0 radical (unpaired) electrons. The standard InChI is InChI=1S/C33H34N2O2/c1-25(26-14-6-2-7-15-26)34-23-22-30(36)33(24-34)31(27-16-8-3-9-17-27)32(28-18-10-4-11-19-28)35(37-33)29-20-12-5-13-21-29/h2-21,25,30-32,36H,22-24H2,1H3/t25-,30?,31+,32-,33-/m1/s1. The van der Waals surface area contributed by atoms with E-state index in [1.807, 2.05) is 18.2 Å². The van der Waals surface area contributed by atoms with E-state index in [9.17, 15) is 5.11 Å². The highest BCUT2D eigenvalue weighted by atomic mass is 16.7. The maximum Gasteiger partial charge on any atom is 0.144 e. The van der Waals surface area contributed by atoms with E-state index in [4.69, 9.17) is 4.84 Å². The second-order valence-electron chi connectivity index (χ2n) is 10.3. The van der Waals surface area contributed by atoms with Crippen LogP contribution in [0.25, 0.3) is 0 Å². The molecule has 37 heavy (non-hydrogen) atoms. The molecule has 2 fully saturated rings. The van der Waals surface area contributed by atoms with Crippen molar-refractivity contribution >= 4 is 5.69 Å². The normalized spacial score (nSPS) is 26.9. The van der Waals surface area contributed by atoms with E-state index >= 15 is 0 Å². The molecular formula is C33H34N2O2. The van der Waals surface area contributed by atoms with Crippen molar-refractivity contribution in [2.45, 2.75) is 43.1 Å². The maximum absolute atomic E-state index is 11.8. The first-order valence-corrected chi connectivity index (χ1v) is 13.3. The first-order chi connectivity index (χ1) is 18.2. The Bertz CT molecular complexity index is 1290. The van der Waals surface area contributed by atoms with Gasteiger partial charge in [-0.1, -0.05) is 109 Å². The highest BCUT2D eigenvalue weighted by Crippen LogP contribution is 2.56. The third-order valence-electron chi connectivity index (χ3n) is 8.21. The molecule has 0 aromatic heterocycles. The molecule has 0 amide bonds. The summed E-state index contributed by atoms with van der Waals surface area (Å²) in [5.41, 5.74) is 3.83. The molecular weight excluding hydrogens is 456 g/mol. The van der Waals surface area contributed by atoms with Crippen molar-refractivity contribution in [3.8, 4) is 0 Å². The Balaban J connectivity index is 1.49. The number of aliphatic hydroxyl groups is 1. The minimum absolute atomic E-state index is 0.0721. The third-order valence-corrected chi connectivity index (χ3v) is 8.21. The van der Waals surface area contributed by atoms with Crippen LogP contribution in [0.5, 0.6) is 0 Å². The summed E-state index contributed by atoms with van der Waals surface area (Å²) in [5, 5.41) is 13.9. The zero-order valence-corrected chi connectivity index (χ0v) is 21.2. The topological polar surface area (TPSA) is 35.9 Å². The summed E-state index contributed by atoms with van der Waals surface area (Å²) in [6.45, 7) is 3.72. The highest BCUT2D eigenvalue weighted by molar-refractivity contribution is 5.51. The van der Waals surface area contributed by atoms with Gasteiger partial charge in [0, 0.05) is 25.0 Å². The van der Waals surface area contributed by atoms with Crippen LogP contribution < -0.4 is 5.06 Å². The first kappa shape index (κ1) is 23.9. The number of rotatable bonds is 5. The van der Waals surface area contributed by atoms with Crippen molar-refractivity contribution in [1.82, 2.24) is 4.90 Å². The van der Waals surface area contributed by atoms with Crippen molar-refractivity contribution in [1.29, 1.82) is 0 Å². The molecule has 2 heterocycles. The van der Waals surface area contributed by atoms with Gasteiger partial charge in [0.05, 0.1) is 17.8 Å². The summed E-state index contributed by atoms with van der Waals surface area (Å²) in [7, 11) is 0. The average molecular weight is 491 g/mol. The van der Waals surface area contributed by atoms with Crippen molar-refractivity contribution in [2.75, 3.05) is 18.2 Å². The van der Waals surface area contributed by atoms with Gasteiger partial charge in [-0.3, -0.25) is 9.74 Å². The maximum atomic E-state index is 11.8. The number of nitrogens with zero attached hydrogens (tertiary/aromatic N) is 2. The summed E-state index contributed by atoms with van der Waals surface area (Å²) in [6.07, 6.45) is 0.0573. The molecule has 1 N–H and O–H groups in total. The molecule has 4 aromatic rings. The van der Waals surface area contributed by atoms with Crippen LogP contribution in [-0.2, 0) is 4.84 Å². The van der Waals surface area contributed by atoms with Crippen LogP contribution in [0.3, 0.4) is 0 Å². The molecule has 1 unspecified atom stereocenters. The molecule has 4 heteroatoms. The zero-order chi connectivity index (χ0) is 25.2. The number of piperidine rings is 1. The summed E-state index contributed by atoms with van der Waals surface area (Å²) in [5.74, 6) is -0.0721. The van der Waals surface area contributed by atoms with Crippen molar-refractivity contribution in [3.05, 3.63) is 138 Å². The number of likely N-dealkylation sites (tertiary alicyclic amines) is 1. The third kappa shape index (κ3) is 4.36. The molecule has 0 saturated carbocycles. The van der Waals surface area contributed by atoms with Crippen molar-refractivity contribution in [3.63, 3.8) is 0 Å². The monoisotopic (exact) mass is 490 g/mol. The SMILES string of the molecule is C[C@H](c1ccccc1)N1CCC(O)[C@@]2(C1)ON(c1ccccc1)[C@H](c1ccccc1)[C@@H]2c1ccccc1. The average Bonchev–Trinajstić information content (AvgIpc) is 3.31. The number of hydrogen-bond donors (Lipinski definition) is 1. The van der Waals surface area contributed by atoms with Gasteiger partial charge < -0.3 is 5.11 Å². The minimum atomic E-state index is -0.807. The predicted molar refractivity (Wildman–Crippen MR) is 148 cm³/mol. The van der Waals surface area contributed by atoms with Gasteiger partial charge in [0.2, 0.25) is 0 Å². The van der Waals surface area contributed by atoms with Crippen LogP contribution in [0, 0.1) is 0 Å². The molecule has 1 spiro atoms. The summed E-state index contributed by atoms with van der Waals surface area (Å²) >= 11 is 0. The number of hydroxylamine groups is 1. The molecule has 2 saturated heterocycles. The van der Waals surface area contributed by atoms with Gasteiger partial charge in [0.15, 0.2) is 0 Å². The van der Waals surface area contributed by atoms with E-state index < -0.39 is 11.7 Å². The summed E-state index contributed by atoms with van der Waals surface area (Å²) in [6, 6.07) is 42.3. The Morgan fingerprint density at radius 1 is 0.757 bits per heavy atom. The van der Waals surface area contributed by atoms with E-state index in [0.717, 1.165) is 12.2 Å². The minimum Gasteiger partial charge on any atom is -0.390 e. The van der Waals surface area contributed by atoms with E-state index in [1.165, 1.54) is 16.7 Å². The number of para-hydroxylation sites is 1. The Hall–Kier alpha value is -3.44. The van der Waals surface area contributed by atoms with Gasteiger partial charge in [-0.15, -0.1) is 0 Å². The van der Waals surface area contributed by atoms with Crippen molar-refractivity contribution < 1.29 is 9.94 Å². The van der Waals surface area contributed by atoms with Gasteiger partial charge >= 0.3 is 0 Å². The number of anilines is 1. The Morgan fingerprint density at radius 2 is 1.30 bits per heavy atom. The van der Waals surface area contributed by atoms with Crippen LogP contribution in [0.4, 0.5) is 5.69 Å². The molecule has 2 aliphatic rings. The molecule has 6 rings (SSSR count). The molecule has 0 bridgehead atoms. The van der Waals surface area contributed by atoms with Gasteiger partial charge in [-0.25, -0.2) is 5.06 Å². The fourth-order valence-corrected chi connectivity index (χ4v) is 6.29. The van der Waals surface area contributed by atoms with Crippen molar-refractivity contribution in [2.24, 2.45) is 0 Å². The van der Waals surface area contributed by atoms with Crippen LogP contribution in [0.15, 0.2) is 121 Å². The largest absolute Gasteiger partial charge is 0.390 e. The van der Waals surface area contributed by atoms with Gasteiger partial charge in [-0.2, -0.15) is 0 Å². The second-order valence-corrected chi connectivity index (χ2v) is 10.3. The van der Waals surface area contributed by atoms with Crippen LogP contribution in [0.2, 0.25) is 0 Å². The lowest BCUT2D eigenvalue weighted by Crippen LogP contribution is -2.60. The Kier molecular flexibility index (Phi) is 6.56. The first-order valence-electron chi connectivity index (χ1n) is 13.3. The van der Waals surface area contributed by atoms with Crippen LogP contribution in [0.1, 0.15) is 48.0 Å². The molecule has 188 valence electrons. The van der Waals surface area contributed by atoms with Gasteiger partial charge in [0.25, 0.3) is 0 Å². The van der Waals surface area contributed by atoms with Gasteiger partial charge in [0.1, 0.15) is 5.60 Å². The smallest absolute Gasteiger partial charge is 0.144 e. The lowest BCUT2D eigenvalue weighted by Gasteiger charge is -2.47. The molecule has 2 aliphatic heterocycles. The van der Waals surface area contributed by atoms with E-state index in [2.05, 4.69) is 120 Å². The van der Waals surface area contributed by atoms with Gasteiger partial charge in [-0.05, 0) is 42.2 Å². The number of benzene rings is 4. The molecule has 0 aliphatic carbocycles. The second kappa shape index (κ2) is 10.1. The summed E-state index contributed by atoms with van der Waals surface area (Å²) < 4.78 is 0. The van der Waals surface area contributed by atoms with E-state index in [0.29, 0.717) is 13.0 Å². The van der Waals surface area contributed by atoms with Crippen LogP contribution >= 0.6 is 0 Å². The molecule has 4 aromatic carbocycles. The lowest BCUT2D eigenvalue weighted by atomic mass is 9.70. The zero-order valence-electron chi connectivity index (χ0n) is 21.2. The fourth-order valence-electron chi connectivity index (χ4n) is 6.29. The van der Waals surface area contributed by atoms with Crippen LogP contribution in [-0.4, -0.2) is 34.8 Å². The highest BCUT2D eigenvalue weighted by Gasteiger charge is 2.61. The fraction of sp³-hybridized carbons (Fsp3) is 0.273. The number of hydrogen-bond acceptors (Lipinski definition) is 4. The number of aliphatic hydroxyl groups excluding tert-OH is 1. The quantitative estimate of drug-likeness (QED) is 0.345. The Labute approximate surface area is 219 Å². The van der Waals surface area contributed by atoms with E-state index in [-0.39, 0.29) is 18.0 Å². The predicted octanol–water partition coefficient (Wildman–Crippen LogP) is 6.53. The Morgan fingerprint density at radius 3 is 1.92 bits per heavy atom. The summed E-state index contributed by atoms with van der Waals surface area (Å²) in [4.78, 5) is 9.56. The van der Waals surface area contributed by atoms with E-state index in [1.54, 1.807) is 0 Å². The molecule has 5 atom stereocenters. The lowest BCUT2D eigenvalue weighted by molar-refractivity contribution is -0.150.